The predicted octanol–water partition coefficient (Wildman–Crippen LogP) is 8.44. The van der Waals surface area contributed by atoms with Crippen LogP contribution in [0.1, 0.15) is 0 Å². The van der Waals surface area contributed by atoms with E-state index < -0.39 is 68.4 Å². The Kier molecular flexibility index (Phi) is 5.04. The molecule has 0 bridgehead atoms. The van der Waals surface area contributed by atoms with E-state index in [0.717, 1.165) is 0 Å². The third kappa shape index (κ3) is 2.98. The molecule has 8 heteroatoms. The molecular formula is C26H10F8. The van der Waals surface area contributed by atoms with Crippen LogP contribution < -0.4 is 0 Å². The summed E-state index contributed by atoms with van der Waals surface area (Å²) in [6, 6.07) is 13.1. The number of fused-ring (bicyclic) bond motifs is 2. The summed E-state index contributed by atoms with van der Waals surface area (Å²) in [6.07, 6.45) is 0. The van der Waals surface area contributed by atoms with Crippen molar-refractivity contribution in [2.75, 3.05) is 0 Å². The minimum atomic E-state index is -2.24. The molecule has 0 heterocycles. The van der Waals surface area contributed by atoms with Crippen LogP contribution >= 0.6 is 0 Å². The first-order valence-electron chi connectivity index (χ1n) is 9.83. The fourth-order valence-corrected chi connectivity index (χ4v) is 4.25. The number of hydrogen-bond donors (Lipinski definition) is 0. The lowest BCUT2D eigenvalue weighted by atomic mass is 9.85. The van der Waals surface area contributed by atoms with Crippen LogP contribution in [-0.2, 0) is 0 Å². The first-order chi connectivity index (χ1) is 16.2. The van der Waals surface area contributed by atoms with Crippen molar-refractivity contribution >= 4 is 21.5 Å². The zero-order valence-corrected chi connectivity index (χ0v) is 16.8. The highest BCUT2D eigenvalue weighted by Crippen LogP contribution is 2.47. The molecule has 0 nitrogen and oxygen atoms in total. The zero-order chi connectivity index (χ0) is 24.3. The molecule has 5 aromatic carbocycles. The van der Waals surface area contributed by atoms with E-state index >= 15 is 8.78 Å². The summed E-state index contributed by atoms with van der Waals surface area (Å²) in [6.45, 7) is 0. The number of rotatable bonds is 2. The molecule has 34 heavy (non-hydrogen) atoms. The van der Waals surface area contributed by atoms with Crippen LogP contribution in [0.5, 0.6) is 0 Å². The van der Waals surface area contributed by atoms with Gasteiger partial charge in [-0.2, -0.15) is 0 Å². The molecule has 0 aliphatic carbocycles. The van der Waals surface area contributed by atoms with Gasteiger partial charge in [0, 0.05) is 28.0 Å². The molecule has 0 fully saturated rings. The third-order valence-corrected chi connectivity index (χ3v) is 5.66. The van der Waals surface area contributed by atoms with Gasteiger partial charge >= 0.3 is 0 Å². The lowest BCUT2D eigenvalue weighted by molar-refractivity contribution is 0.418. The van der Waals surface area contributed by atoms with Crippen LogP contribution in [0.15, 0.2) is 60.7 Å². The Morgan fingerprint density at radius 2 is 0.824 bits per heavy atom. The molecule has 170 valence electrons. The van der Waals surface area contributed by atoms with Gasteiger partial charge in [-0.15, -0.1) is 0 Å². The second kappa shape index (κ2) is 7.83. The van der Waals surface area contributed by atoms with Gasteiger partial charge in [-0.05, 0) is 16.3 Å². The summed E-state index contributed by atoms with van der Waals surface area (Å²) < 4.78 is 117. The second-order valence-corrected chi connectivity index (χ2v) is 7.51. The summed E-state index contributed by atoms with van der Waals surface area (Å²) >= 11 is 0. The van der Waals surface area contributed by atoms with Crippen molar-refractivity contribution in [3.63, 3.8) is 0 Å². The number of hydrogen-bond acceptors (Lipinski definition) is 0. The molecular weight excluding hydrogens is 464 g/mol. The molecule has 5 rings (SSSR count). The molecule has 0 aliphatic heterocycles. The maximum atomic E-state index is 15.3. The van der Waals surface area contributed by atoms with Crippen molar-refractivity contribution in [2.24, 2.45) is 0 Å². The van der Waals surface area contributed by atoms with Gasteiger partial charge in [-0.1, -0.05) is 54.6 Å². The molecule has 0 aliphatic rings. The average Bonchev–Trinajstić information content (AvgIpc) is 2.85. The van der Waals surface area contributed by atoms with E-state index in [9.17, 15) is 26.3 Å². The standard InChI is InChI=1S/C26H10F8/c27-14-10-15(28)22(30)20(21(14)29)17-13-9-5-4-8-12(13)16(11-6-2-1-3-7-11)18-19(17)24(32)26(34)25(33)23(18)31/h1-10H. The van der Waals surface area contributed by atoms with Crippen molar-refractivity contribution in [2.45, 2.75) is 0 Å². The highest BCUT2D eigenvalue weighted by atomic mass is 19.2. The minimum Gasteiger partial charge on any atom is -0.204 e. The monoisotopic (exact) mass is 474 g/mol. The molecule has 0 unspecified atom stereocenters. The molecule has 0 amide bonds. The number of benzene rings is 5. The Hall–Kier alpha value is -3.94. The van der Waals surface area contributed by atoms with Gasteiger partial charge < -0.3 is 0 Å². The normalized spacial score (nSPS) is 11.5. The number of halogens is 8. The quantitative estimate of drug-likeness (QED) is 0.104. The van der Waals surface area contributed by atoms with Crippen molar-refractivity contribution in [3.05, 3.63) is 107 Å². The Labute approximate surface area is 186 Å². The first kappa shape index (κ1) is 21.9. The Morgan fingerprint density at radius 3 is 1.35 bits per heavy atom. The zero-order valence-electron chi connectivity index (χ0n) is 16.8. The van der Waals surface area contributed by atoms with Crippen molar-refractivity contribution in [1.82, 2.24) is 0 Å². The van der Waals surface area contributed by atoms with Gasteiger partial charge in [-0.3, -0.25) is 0 Å². The minimum absolute atomic E-state index is 0.0475. The van der Waals surface area contributed by atoms with E-state index in [0.29, 0.717) is 0 Å². The van der Waals surface area contributed by atoms with Gasteiger partial charge in [-0.25, -0.2) is 35.1 Å². The smallest absolute Gasteiger partial charge is 0.198 e. The lowest BCUT2D eigenvalue weighted by Gasteiger charge is -2.20. The molecule has 0 spiro atoms. The van der Waals surface area contributed by atoms with Gasteiger partial charge in [0.2, 0.25) is 0 Å². The van der Waals surface area contributed by atoms with Crippen LogP contribution in [0.4, 0.5) is 35.1 Å². The Morgan fingerprint density at radius 1 is 0.382 bits per heavy atom. The predicted molar refractivity (Wildman–Crippen MR) is 112 cm³/mol. The van der Waals surface area contributed by atoms with E-state index in [2.05, 4.69) is 0 Å². The molecule has 0 radical (unpaired) electrons. The summed E-state index contributed by atoms with van der Waals surface area (Å²) in [4.78, 5) is 0. The van der Waals surface area contributed by atoms with Gasteiger partial charge in [0.25, 0.3) is 0 Å². The van der Waals surface area contributed by atoms with Gasteiger partial charge in [0.1, 0.15) is 0 Å². The van der Waals surface area contributed by atoms with E-state index in [1.165, 1.54) is 36.4 Å². The summed E-state index contributed by atoms with van der Waals surface area (Å²) in [5.74, 6) is -15.6. The van der Waals surface area contributed by atoms with Crippen LogP contribution in [0.25, 0.3) is 43.8 Å². The largest absolute Gasteiger partial charge is 0.204 e. The van der Waals surface area contributed by atoms with E-state index in [-0.39, 0.29) is 28.0 Å². The maximum Gasteiger partial charge on any atom is 0.198 e. The third-order valence-electron chi connectivity index (χ3n) is 5.66. The second-order valence-electron chi connectivity index (χ2n) is 7.51. The SMILES string of the molecule is Fc1cc(F)c(F)c(-c2c3ccccc3c(-c3ccccc3)c3c(F)c(F)c(F)c(F)c23)c1F. The van der Waals surface area contributed by atoms with E-state index in [4.69, 9.17) is 0 Å². The van der Waals surface area contributed by atoms with Gasteiger partial charge in [0.15, 0.2) is 46.5 Å². The molecule has 0 saturated carbocycles. The van der Waals surface area contributed by atoms with Gasteiger partial charge in [0.05, 0.1) is 5.56 Å². The molecule has 0 saturated heterocycles. The molecule has 0 N–H and O–H groups in total. The first-order valence-corrected chi connectivity index (χ1v) is 9.83. The topological polar surface area (TPSA) is 0 Å². The highest BCUT2D eigenvalue weighted by Gasteiger charge is 2.31. The Balaban J connectivity index is 2.18. The Bertz CT molecular complexity index is 1600. The lowest BCUT2D eigenvalue weighted by Crippen LogP contribution is -2.05. The summed E-state index contributed by atoms with van der Waals surface area (Å²) in [5, 5.41) is -2.00. The van der Waals surface area contributed by atoms with Crippen LogP contribution in [0.2, 0.25) is 0 Å². The van der Waals surface area contributed by atoms with Crippen LogP contribution in [0, 0.1) is 46.5 Å². The van der Waals surface area contributed by atoms with Crippen molar-refractivity contribution in [1.29, 1.82) is 0 Å². The van der Waals surface area contributed by atoms with E-state index in [1.807, 2.05) is 0 Å². The highest BCUT2D eigenvalue weighted by molar-refractivity contribution is 6.21. The summed E-state index contributed by atoms with van der Waals surface area (Å²) in [7, 11) is 0. The fourth-order valence-electron chi connectivity index (χ4n) is 4.25. The average molecular weight is 474 g/mol. The summed E-state index contributed by atoms with van der Waals surface area (Å²) in [5.41, 5.74) is -2.06. The molecule has 0 atom stereocenters. The fraction of sp³-hybridized carbons (Fsp3) is 0. The molecule has 0 aromatic heterocycles. The van der Waals surface area contributed by atoms with Crippen LogP contribution in [0.3, 0.4) is 0 Å². The van der Waals surface area contributed by atoms with Crippen molar-refractivity contribution < 1.29 is 35.1 Å². The van der Waals surface area contributed by atoms with Crippen LogP contribution in [-0.4, -0.2) is 0 Å². The maximum absolute atomic E-state index is 15.3. The van der Waals surface area contributed by atoms with Crippen molar-refractivity contribution in [3.8, 4) is 22.3 Å². The van der Waals surface area contributed by atoms with E-state index in [1.54, 1.807) is 18.2 Å². The molecule has 5 aromatic rings.